The van der Waals surface area contributed by atoms with Crippen LogP contribution in [0.5, 0.6) is 0 Å². The van der Waals surface area contributed by atoms with Crippen molar-refractivity contribution in [1.29, 1.82) is 5.26 Å². The minimum absolute atomic E-state index is 0.0110. The molecule has 84 valence electrons. The molecule has 1 rings (SSSR count). The van der Waals surface area contributed by atoms with Gasteiger partial charge in [-0.15, -0.1) is 0 Å². The summed E-state index contributed by atoms with van der Waals surface area (Å²) in [6.07, 6.45) is 7.76. The smallest absolute Gasteiger partial charge is 0.427 e. The van der Waals surface area contributed by atoms with Crippen molar-refractivity contribution in [2.24, 2.45) is 5.92 Å². The molecule has 1 aliphatic carbocycles. The van der Waals surface area contributed by atoms with Crippen molar-refractivity contribution in [2.45, 2.75) is 50.8 Å². The molecular weight excluding hydrogens is 189 g/mol. The topological polar surface area (TPSA) is 53.2 Å². The Morgan fingerprint density at radius 1 is 1.47 bits per heavy atom. The lowest BCUT2D eigenvalue weighted by Gasteiger charge is -2.25. The Hall–Kier alpha value is -0.525. The lowest BCUT2D eigenvalue weighted by Crippen LogP contribution is -2.25. The van der Waals surface area contributed by atoms with Gasteiger partial charge in [-0.3, -0.25) is 0 Å². The molecule has 1 N–H and O–H groups in total. The van der Waals surface area contributed by atoms with Crippen molar-refractivity contribution < 1.29 is 9.68 Å². The van der Waals surface area contributed by atoms with Gasteiger partial charge in [0.25, 0.3) is 0 Å². The van der Waals surface area contributed by atoms with Gasteiger partial charge in [0.05, 0.1) is 6.07 Å². The van der Waals surface area contributed by atoms with Crippen LogP contribution in [0.1, 0.15) is 44.9 Å². The molecule has 0 saturated heterocycles. The Labute approximate surface area is 92.6 Å². The minimum Gasteiger partial charge on any atom is -0.427 e. The first-order chi connectivity index (χ1) is 7.27. The molecule has 0 aliphatic heterocycles. The van der Waals surface area contributed by atoms with Crippen molar-refractivity contribution in [3.8, 4) is 6.07 Å². The van der Waals surface area contributed by atoms with E-state index in [1.807, 2.05) is 0 Å². The first kappa shape index (κ1) is 12.5. The summed E-state index contributed by atoms with van der Waals surface area (Å²) in [7, 11) is 0.724. The molecule has 0 aromatic carbocycles. The molecule has 4 heteroatoms. The van der Waals surface area contributed by atoms with Gasteiger partial charge in [-0.25, -0.2) is 0 Å². The second-order valence-electron chi connectivity index (χ2n) is 4.49. The molecule has 1 aliphatic rings. The first-order valence-corrected chi connectivity index (χ1v) is 5.85. The van der Waals surface area contributed by atoms with Crippen LogP contribution in [0.15, 0.2) is 0 Å². The van der Waals surface area contributed by atoms with Crippen LogP contribution in [0.2, 0.25) is 5.82 Å². The fraction of sp³-hybridized carbons (Fsp3) is 0.909. The molecule has 1 unspecified atom stereocenters. The Morgan fingerprint density at radius 3 is 2.67 bits per heavy atom. The van der Waals surface area contributed by atoms with E-state index in [1.54, 1.807) is 0 Å². The van der Waals surface area contributed by atoms with E-state index in [9.17, 15) is 5.02 Å². The van der Waals surface area contributed by atoms with Gasteiger partial charge < -0.3 is 9.68 Å². The minimum atomic E-state index is -0.772. The number of nitriles is 1. The van der Waals surface area contributed by atoms with E-state index in [0.29, 0.717) is 12.3 Å². The third kappa shape index (κ3) is 4.23. The predicted molar refractivity (Wildman–Crippen MR) is 60.2 cm³/mol. The Balaban J connectivity index is 2.38. The van der Waals surface area contributed by atoms with Crippen LogP contribution in [0, 0.1) is 17.2 Å². The summed E-state index contributed by atoms with van der Waals surface area (Å²) < 4.78 is 4.91. The molecular formula is C11H20BNO2. The van der Waals surface area contributed by atoms with Gasteiger partial charge in [-0.1, -0.05) is 32.1 Å². The lowest BCUT2D eigenvalue weighted by molar-refractivity contribution is 0.279. The highest BCUT2D eigenvalue weighted by atomic mass is 16.5. The zero-order valence-corrected chi connectivity index (χ0v) is 9.48. The summed E-state index contributed by atoms with van der Waals surface area (Å²) in [5, 5.41) is 18.3. The van der Waals surface area contributed by atoms with Gasteiger partial charge in [0, 0.05) is 19.3 Å². The largest absolute Gasteiger partial charge is 0.458 e. The molecule has 0 spiro atoms. The average Bonchev–Trinajstić information content (AvgIpc) is 2.29. The van der Waals surface area contributed by atoms with E-state index in [-0.39, 0.29) is 5.82 Å². The van der Waals surface area contributed by atoms with Crippen LogP contribution < -0.4 is 0 Å². The Bertz CT molecular complexity index is 211. The number of hydrogen-bond donors (Lipinski definition) is 1. The van der Waals surface area contributed by atoms with E-state index >= 15 is 0 Å². The van der Waals surface area contributed by atoms with Crippen molar-refractivity contribution in [2.75, 3.05) is 7.11 Å². The molecule has 0 heterocycles. The molecule has 0 aromatic heterocycles. The zero-order chi connectivity index (χ0) is 11.1. The van der Waals surface area contributed by atoms with Crippen molar-refractivity contribution >= 4 is 7.12 Å². The molecule has 1 saturated carbocycles. The van der Waals surface area contributed by atoms with E-state index < -0.39 is 7.12 Å². The molecule has 15 heavy (non-hydrogen) atoms. The van der Waals surface area contributed by atoms with Crippen LogP contribution >= 0.6 is 0 Å². The third-order valence-electron chi connectivity index (χ3n) is 3.36. The number of rotatable bonds is 5. The van der Waals surface area contributed by atoms with Crippen LogP contribution in [0.3, 0.4) is 0 Å². The number of hydrogen-bond acceptors (Lipinski definition) is 3. The summed E-state index contributed by atoms with van der Waals surface area (Å²) in [6, 6.07) is 2.13. The Morgan fingerprint density at radius 2 is 2.13 bits per heavy atom. The highest BCUT2D eigenvalue weighted by Gasteiger charge is 2.28. The van der Waals surface area contributed by atoms with Gasteiger partial charge in [0.2, 0.25) is 0 Å². The van der Waals surface area contributed by atoms with Gasteiger partial charge in [-0.05, 0) is 12.3 Å². The van der Waals surface area contributed by atoms with Gasteiger partial charge >= 0.3 is 7.12 Å². The number of nitrogens with zero attached hydrogens (tertiary/aromatic N) is 1. The maximum Gasteiger partial charge on any atom is 0.458 e. The average molecular weight is 209 g/mol. The summed E-state index contributed by atoms with van der Waals surface area (Å²) >= 11 is 0. The summed E-state index contributed by atoms with van der Waals surface area (Å²) in [5.74, 6) is 0.671. The van der Waals surface area contributed by atoms with Gasteiger partial charge in [0.15, 0.2) is 0 Å². The summed E-state index contributed by atoms with van der Waals surface area (Å²) in [4.78, 5) is 0. The van der Waals surface area contributed by atoms with E-state index in [0.717, 1.165) is 6.42 Å². The van der Waals surface area contributed by atoms with Gasteiger partial charge in [-0.2, -0.15) is 5.26 Å². The summed E-state index contributed by atoms with van der Waals surface area (Å²) in [5.41, 5.74) is 0. The fourth-order valence-electron chi connectivity index (χ4n) is 2.46. The monoisotopic (exact) mass is 209 g/mol. The van der Waals surface area contributed by atoms with Crippen LogP contribution in [-0.4, -0.2) is 19.3 Å². The normalized spacial score (nSPS) is 19.5. The van der Waals surface area contributed by atoms with E-state index in [4.69, 9.17) is 9.92 Å². The summed E-state index contributed by atoms with van der Waals surface area (Å²) in [6.45, 7) is 0. The third-order valence-corrected chi connectivity index (χ3v) is 3.36. The van der Waals surface area contributed by atoms with Crippen molar-refractivity contribution in [3.63, 3.8) is 0 Å². The zero-order valence-electron chi connectivity index (χ0n) is 9.48. The first-order valence-electron chi connectivity index (χ1n) is 5.85. The molecule has 1 atom stereocenters. The molecule has 1 fully saturated rings. The van der Waals surface area contributed by atoms with E-state index in [1.165, 1.54) is 39.2 Å². The second kappa shape index (κ2) is 6.87. The maximum atomic E-state index is 9.61. The highest BCUT2D eigenvalue weighted by molar-refractivity contribution is 6.44. The van der Waals surface area contributed by atoms with Gasteiger partial charge in [0.1, 0.15) is 0 Å². The molecule has 0 radical (unpaired) electrons. The quantitative estimate of drug-likeness (QED) is 0.707. The fourth-order valence-corrected chi connectivity index (χ4v) is 2.46. The highest BCUT2D eigenvalue weighted by Crippen LogP contribution is 2.33. The van der Waals surface area contributed by atoms with Crippen LogP contribution in [0.25, 0.3) is 0 Å². The SMILES string of the molecule is COB(O)C(CC#N)CC1CCCCC1. The standard InChI is InChI=1S/C11H20BNO2/c1-15-12(14)11(7-8-13)9-10-5-3-2-4-6-10/h10-11,14H,2-7,9H2,1H3. The lowest BCUT2D eigenvalue weighted by atomic mass is 9.65. The van der Waals surface area contributed by atoms with Crippen LogP contribution in [-0.2, 0) is 4.65 Å². The second-order valence-corrected chi connectivity index (χ2v) is 4.49. The van der Waals surface area contributed by atoms with E-state index in [2.05, 4.69) is 6.07 Å². The maximum absolute atomic E-state index is 9.61. The molecule has 0 aromatic rings. The molecule has 0 bridgehead atoms. The van der Waals surface area contributed by atoms with Crippen LogP contribution in [0.4, 0.5) is 0 Å². The van der Waals surface area contributed by atoms with Crippen molar-refractivity contribution in [3.05, 3.63) is 0 Å². The molecule has 3 nitrogen and oxygen atoms in total. The predicted octanol–water partition coefficient (Wildman–Crippen LogP) is 2.37. The molecule has 0 amide bonds. The Kier molecular flexibility index (Phi) is 5.74. The van der Waals surface area contributed by atoms with Crippen molar-refractivity contribution in [1.82, 2.24) is 0 Å².